The lowest BCUT2D eigenvalue weighted by molar-refractivity contribution is -0.00000645. The summed E-state index contributed by atoms with van der Waals surface area (Å²) in [5.41, 5.74) is 0. The van der Waals surface area contributed by atoms with E-state index in [9.17, 15) is 0 Å². The smallest absolute Gasteiger partial charge is 0.0594 e. The SMILES string of the molecule is CCCCCCCCCCCCCCC[P+](CCCC)(CCCC)CCCC.[Cl-]. The standard InChI is InChI=1S/C27H58P.ClH/c1-5-9-13-14-15-16-17-18-19-20-21-22-23-27-28(24-10-6-2,25-11-7-3)26-12-8-4;/h5-27H2,1-4H3;1H/q+1;/p-1. The number of unbranched alkanes of at least 4 members (excludes halogenated alkanes) is 15. The third-order valence-corrected chi connectivity index (χ3v) is 11.8. The molecule has 0 fully saturated rings. The molecule has 0 aliphatic heterocycles. The summed E-state index contributed by atoms with van der Waals surface area (Å²) in [6, 6.07) is 0. The van der Waals surface area contributed by atoms with Gasteiger partial charge in [0.1, 0.15) is 0 Å². The summed E-state index contributed by atoms with van der Waals surface area (Å²) in [6.45, 7) is 9.47. The van der Waals surface area contributed by atoms with Gasteiger partial charge in [0, 0.05) is 7.26 Å². The van der Waals surface area contributed by atoms with Gasteiger partial charge in [-0.1, -0.05) is 118 Å². The summed E-state index contributed by atoms with van der Waals surface area (Å²) in [4.78, 5) is 0. The first-order chi connectivity index (χ1) is 13.7. The second-order valence-electron chi connectivity index (χ2n) is 9.54. The van der Waals surface area contributed by atoms with Gasteiger partial charge in [0.25, 0.3) is 0 Å². The van der Waals surface area contributed by atoms with Crippen LogP contribution in [-0.2, 0) is 0 Å². The average molecular weight is 449 g/mol. The lowest BCUT2D eigenvalue weighted by atomic mass is 10.1. The van der Waals surface area contributed by atoms with Crippen LogP contribution >= 0.6 is 7.26 Å². The molecule has 0 saturated heterocycles. The Kier molecular flexibility index (Phi) is 27.5. The second-order valence-corrected chi connectivity index (χ2v) is 14.0. The lowest BCUT2D eigenvalue weighted by Gasteiger charge is -2.28. The molecule has 0 heterocycles. The van der Waals surface area contributed by atoms with Crippen molar-refractivity contribution < 1.29 is 12.4 Å². The molecule has 0 bridgehead atoms. The first-order valence-electron chi connectivity index (χ1n) is 13.6. The van der Waals surface area contributed by atoms with Crippen LogP contribution in [0.15, 0.2) is 0 Å². The van der Waals surface area contributed by atoms with Crippen molar-refractivity contribution in [3.8, 4) is 0 Å². The van der Waals surface area contributed by atoms with Crippen LogP contribution in [0, 0.1) is 0 Å². The van der Waals surface area contributed by atoms with Gasteiger partial charge in [0.2, 0.25) is 0 Å². The Morgan fingerprint density at radius 1 is 0.310 bits per heavy atom. The molecule has 0 rings (SSSR count). The molecule has 0 aromatic carbocycles. The van der Waals surface area contributed by atoms with Crippen LogP contribution in [-0.4, -0.2) is 24.6 Å². The molecular formula is C27H58ClP. The highest BCUT2D eigenvalue weighted by Gasteiger charge is 2.34. The molecule has 178 valence electrons. The topological polar surface area (TPSA) is 0 Å². The van der Waals surface area contributed by atoms with Crippen molar-refractivity contribution in [2.45, 2.75) is 150 Å². The van der Waals surface area contributed by atoms with Gasteiger partial charge < -0.3 is 12.4 Å². The zero-order valence-electron chi connectivity index (χ0n) is 21.1. The highest BCUT2D eigenvalue weighted by atomic mass is 35.5. The van der Waals surface area contributed by atoms with Gasteiger partial charge in [-0.2, -0.15) is 0 Å². The van der Waals surface area contributed by atoms with Gasteiger partial charge in [-0.3, -0.25) is 0 Å². The number of hydrogen-bond acceptors (Lipinski definition) is 0. The predicted molar refractivity (Wildman–Crippen MR) is 137 cm³/mol. The van der Waals surface area contributed by atoms with E-state index in [4.69, 9.17) is 0 Å². The summed E-state index contributed by atoms with van der Waals surface area (Å²) in [5, 5.41) is 0. The first-order valence-corrected chi connectivity index (χ1v) is 16.1. The minimum Gasteiger partial charge on any atom is -1.00 e. The summed E-state index contributed by atoms with van der Waals surface area (Å²) in [5.74, 6) is 0. The zero-order valence-corrected chi connectivity index (χ0v) is 22.7. The molecule has 0 amide bonds. The molecule has 0 saturated carbocycles. The normalized spacial score (nSPS) is 11.6. The monoisotopic (exact) mass is 448 g/mol. The Balaban J connectivity index is 0. The first kappa shape index (κ1) is 31.9. The third-order valence-electron chi connectivity index (χ3n) is 6.69. The van der Waals surface area contributed by atoms with Crippen LogP contribution in [0.5, 0.6) is 0 Å². The fourth-order valence-electron chi connectivity index (χ4n) is 4.62. The van der Waals surface area contributed by atoms with E-state index in [0.717, 1.165) is 0 Å². The number of halogens is 1. The van der Waals surface area contributed by atoms with Crippen LogP contribution < -0.4 is 12.4 Å². The molecular weight excluding hydrogens is 391 g/mol. The molecule has 0 aromatic heterocycles. The van der Waals surface area contributed by atoms with Crippen LogP contribution in [0.4, 0.5) is 0 Å². The molecule has 0 N–H and O–H groups in total. The van der Waals surface area contributed by atoms with E-state index in [2.05, 4.69) is 27.7 Å². The van der Waals surface area contributed by atoms with E-state index in [-0.39, 0.29) is 12.4 Å². The third kappa shape index (κ3) is 20.4. The van der Waals surface area contributed by atoms with Crippen molar-refractivity contribution in [1.82, 2.24) is 0 Å². The molecule has 0 atom stereocenters. The fraction of sp³-hybridized carbons (Fsp3) is 1.00. The molecule has 29 heavy (non-hydrogen) atoms. The van der Waals surface area contributed by atoms with Crippen LogP contribution in [0.1, 0.15) is 150 Å². The van der Waals surface area contributed by atoms with Crippen LogP contribution in [0.2, 0.25) is 0 Å². The second kappa shape index (κ2) is 25.0. The Hall–Kier alpha value is 0.720. The van der Waals surface area contributed by atoms with Gasteiger partial charge in [-0.25, -0.2) is 0 Å². The highest BCUT2D eigenvalue weighted by Crippen LogP contribution is 2.61. The van der Waals surface area contributed by atoms with E-state index >= 15 is 0 Å². The van der Waals surface area contributed by atoms with Crippen molar-refractivity contribution in [3.05, 3.63) is 0 Å². The molecule has 0 unspecified atom stereocenters. The Morgan fingerprint density at radius 2 is 0.552 bits per heavy atom. The molecule has 2 heteroatoms. The Bertz CT molecular complexity index is 270. The van der Waals surface area contributed by atoms with Crippen molar-refractivity contribution in [3.63, 3.8) is 0 Å². The zero-order chi connectivity index (χ0) is 20.8. The molecule has 0 nitrogen and oxygen atoms in total. The summed E-state index contributed by atoms with van der Waals surface area (Å²) < 4.78 is 0. The van der Waals surface area contributed by atoms with Crippen molar-refractivity contribution in [2.24, 2.45) is 0 Å². The van der Waals surface area contributed by atoms with Gasteiger partial charge in [-0.15, -0.1) is 0 Å². The van der Waals surface area contributed by atoms with Crippen molar-refractivity contribution >= 4 is 7.26 Å². The Labute approximate surface area is 193 Å². The van der Waals surface area contributed by atoms with Crippen molar-refractivity contribution in [2.75, 3.05) is 24.6 Å². The summed E-state index contributed by atoms with van der Waals surface area (Å²) in [7, 11) is -0.628. The van der Waals surface area contributed by atoms with Gasteiger partial charge in [0.05, 0.1) is 24.6 Å². The number of rotatable bonds is 23. The van der Waals surface area contributed by atoms with Gasteiger partial charge in [0.15, 0.2) is 0 Å². The lowest BCUT2D eigenvalue weighted by Crippen LogP contribution is -3.00. The van der Waals surface area contributed by atoms with E-state index in [1.54, 1.807) is 31.1 Å². The van der Waals surface area contributed by atoms with E-state index in [1.807, 2.05) is 0 Å². The summed E-state index contributed by atoms with van der Waals surface area (Å²) in [6.07, 6.45) is 34.5. The maximum Gasteiger partial charge on any atom is 0.0594 e. The highest BCUT2D eigenvalue weighted by molar-refractivity contribution is 7.75. The van der Waals surface area contributed by atoms with Crippen LogP contribution in [0.25, 0.3) is 0 Å². The maximum absolute atomic E-state index is 2.39. The minimum atomic E-state index is -0.628. The fourth-order valence-corrected chi connectivity index (χ4v) is 9.81. The minimum absolute atomic E-state index is 0. The predicted octanol–water partition coefficient (Wildman–Crippen LogP) is 7.50. The summed E-state index contributed by atoms with van der Waals surface area (Å²) >= 11 is 0. The molecule has 0 radical (unpaired) electrons. The molecule has 0 aromatic rings. The molecule has 0 aliphatic carbocycles. The van der Waals surface area contributed by atoms with Crippen LogP contribution in [0.3, 0.4) is 0 Å². The van der Waals surface area contributed by atoms with Gasteiger partial charge in [-0.05, 0) is 32.1 Å². The van der Waals surface area contributed by atoms with Crippen molar-refractivity contribution in [1.29, 1.82) is 0 Å². The van der Waals surface area contributed by atoms with E-state index < -0.39 is 7.26 Å². The van der Waals surface area contributed by atoms with Gasteiger partial charge >= 0.3 is 0 Å². The maximum atomic E-state index is 2.39. The quantitative estimate of drug-likeness (QED) is 0.112. The largest absolute Gasteiger partial charge is 1.00 e. The molecule has 0 aliphatic rings. The number of hydrogen-bond donors (Lipinski definition) is 0. The Morgan fingerprint density at radius 3 is 0.862 bits per heavy atom. The van der Waals surface area contributed by atoms with E-state index in [0.29, 0.717) is 0 Å². The molecule has 0 spiro atoms. The average Bonchev–Trinajstić information content (AvgIpc) is 2.72. The van der Waals surface area contributed by atoms with E-state index in [1.165, 1.54) is 116 Å².